The monoisotopic (exact) mass is 399 g/mol. The summed E-state index contributed by atoms with van der Waals surface area (Å²) >= 11 is 0. The van der Waals surface area contributed by atoms with Gasteiger partial charge in [-0.2, -0.15) is 12.7 Å². The molecule has 9 nitrogen and oxygen atoms in total. The molecule has 1 amide bonds. The van der Waals surface area contributed by atoms with Gasteiger partial charge in [-0.3, -0.25) is 4.79 Å². The summed E-state index contributed by atoms with van der Waals surface area (Å²) in [5.74, 6) is -0.626. The molecule has 0 spiro atoms. The summed E-state index contributed by atoms with van der Waals surface area (Å²) in [7, 11) is -4.12. The summed E-state index contributed by atoms with van der Waals surface area (Å²) in [6.45, 7) is 5.17. The van der Waals surface area contributed by atoms with Gasteiger partial charge in [0.15, 0.2) is 0 Å². The number of rotatable bonds is 6. The minimum Gasteiger partial charge on any atom is -0.460 e. The molecule has 0 radical (unpaired) electrons. The molecule has 27 heavy (non-hydrogen) atoms. The topological polar surface area (TPSA) is 114 Å². The Morgan fingerprint density at radius 3 is 2.52 bits per heavy atom. The Labute approximate surface area is 159 Å². The van der Waals surface area contributed by atoms with Crippen LogP contribution < -0.4 is 10.3 Å². The van der Waals surface area contributed by atoms with E-state index in [0.29, 0.717) is 12.8 Å². The van der Waals surface area contributed by atoms with Gasteiger partial charge in [0.1, 0.15) is 18.2 Å². The van der Waals surface area contributed by atoms with Crippen LogP contribution in [0.5, 0.6) is 0 Å². The molecule has 150 valence electrons. The second-order valence-corrected chi connectivity index (χ2v) is 8.72. The van der Waals surface area contributed by atoms with Crippen molar-refractivity contribution in [1.82, 2.24) is 14.6 Å². The molecular weight excluding hydrogens is 374 g/mol. The minimum absolute atomic E-state index is 0.0631. The Morgan fingerprint density at radius 1 is 1.22 bits per heavy atom. The predicted molar refractivity (Wildman–Crippen MR) is 97.4 cm³/mol. The first kappa shape index (κ1) is 21.1. The van der Waals surface area contributed by atoms with Crippen LogP contribution >= 0.6 is 0 Å². The Bertz CT molecular complexity index is 761. The molecule has 1 fully saturated rings. The van der Waals surface area contributed by atoms with Crippen LogP contribution in [0.25, 0.3) is 0 Å². The van der Waals surface area contributed by atoms with Crippen LogP contribution in [0.15, 0.2) is 30.3 Å². The molecule has 0 aromatic heterocycles. The molecule has 0 bridgehead atoms. The normalized spacial score (nSPS) is 18.1. The number of hydrogen-bond donors (Lipinski definition) is 2. The zero-order chi connectivity index (χ0) is 20.1. The number of hydrogen-bond acceptors (Lipinski definition) is 6. The summed E-state index contributed by atoms with van der Waals surface area (Å²) in [6.07, 6.45) is -0.0761. The van der Waals surface area contributed by atoms with Crippen molar-refractivity contribution in [3.05, 3.63) is 35.9 Å². The van der Waals surface area contributed by atoms with Crippen molar-refractivity contribution in [3.8, 4) is 0 Å². The van der Waals surface area contributed by atoms with Crippen LogP contribution in [0.4, 0.5) is 4.79 Å². The van der Waals surface area contributed by atoms with Crippen LogP contribution in [0.2, 0.25) is 0 Å². The van der Waals surface area contributed by atoms with E-state index in [4.69, 9.17) is 9.47 Å². The van der Waals surface area contributed by atoms with Crippen molar-refractivity contribution in [2.24, 2.45) is 0 Å². The molecule has 1 aliphatic heterocycles. The first-order valence-electron chi connectivity index (χ1n) is 8.56. The molecule has 2 N–H and O–H groups in total. The number of nitrogens with zero attached hydrogens (tertiary/aromatic N) is 1. The summed E-state index contributed by atoms with van der Waals surface area (Å²) in [4.78, 5) is 25.9. The number of amides is 1. The predicted octanol–water partition coefficient (Wildman–Crippen LogP) is 1.47. The second-order valence-electron chi connectivity index (χ2n) is 7.10. The highest BCUT2D eigenvalue weighted by Crippen LogP contribution is 2.21. The number of nitrogens with one attached hydrogen (secondary N) is 2. The van der Waals surface area contributed by atoms with Crippen LogP contribution in [0.1, 0.15) is 39.2 Å². The number of benzene rings is 1. The smallest absolute Gasteiger partial charge is 0.423 e. The SMILES string of the molecule is CC(C)(C)OC(=O)NNS(=O)(=O)N1CCC[C@H]1C(=O)OCc1ccccc1. The molecule has 0 aliphatic carbocycles. The van der Waals surface area contributed by atoms with Gasteiger partial charge < -0.3 is 9.47 Å². The van der Waals surface area contributed by atoms with Gasteiger partial charge in [-0.25, -0.2) is 10.2 Å². The summed E-state index contributed by atoms with van der Waals surface area (Å²) in [5, 5.41) is 0. The third kappa shape index (κ3) is 6.49. The standard InChI is InChI=1S/C17H25N3O6S/c1-17(2,3)26-16(22)18-19-27(23,24)20-11-7-10-14(20)15(21)25-12-13-8-5-4-6-9-13/h4-6,8-9,14,19H,7,10-12H2,1-3H3,(H,18,22)/t14-/m0/s1. The van der Waals surface area contributed by atoms with Gasteiger partial charge in [0, 0.05) is 6.54 Å². The highest BCUT2D eigenvalue weighted by atomic mass is 32.2. The molecule has 1 atom stereocenters. The molecular formula is C17H25N3O6S. The molecule has 1 aromatic carbocycles. The first-order valence-corrected chi connectivity index (χ1v) is 10.0. The van der Waals surface area contributed by atoms with E-state index in [9.17, 15) is 18.0 Å². The van der Waals surface area contributed by atoms with Crippen molar-refractivity contribution in [1.29, 1.82) is 0 Å². The zero-order valence-electron chi connectivity index (χ0n) is 15.6. The fraction of sp³-hybridized carbons (Fsp3) is 0.529. The third-order valence-electron chi connectivity index (χ3n) is 3.69. The quantitative estimate of drug-likeness (QED) is 0.553. The van der Waals surface area contributed by atoms with Crippen LogP contribution in [-0.2, 0) is 31.1 Å². The van der Waals surface area contributed by atoms with E-state index in [0.717, 1.165) is 9.87 Å². The van der Waals surface area contributed by atoms with Crippen molar-refractivity contribution in [2.45, 2.75) is 51.9 Å². The summed E-state index contributed by atoms with van der Waals surface area (Å²) < 4.78 is 36.1. The Kier molecular flexibility index (Phi) is 6.79. The van der Waals surface area contributed by atoms with Gasteiger partial charge in [0.05, 0.1) is 0 Å². The van der Waals surface area contributed by atoms with E-state index in [1.807, 2.05) is 40.6 Å². The summed E-state index contributed by atoms with van der Waals surface area (Å²) in [5.41, 5.74) is 2.02. The molecule has 0 saturated carbocycles. The maximum absolute atomic E-state index is 12.4. The first-order chi connectivity index (χ1) is 12.6. The van der Waals surface area contributed by atoms with E-state index >= 15 is 0 Å². The van der Waals surface area contributed by atoms with Gasteiger partial charge in [-0.05, 0) is 39.2 Å². The van der Waals surface area contributed by atoms with E-state index in [1.54, 1.807) is 20.8 Å². The Hall–Kier alpha value is -2.17. The molecule has 1 aromatic rings. The lowest BCUT2D eigenvalue weighted by Gasteiger charge is -2.24. The van der Waals surface area contributed by atoms with Crippen LogP contribution in [0.3, 0.4) is 0 Å². The van der Waals surface area contributed by atoms with Crippen molar-refractivity contribution < 1.29 is 27.5 Å². The third-order valence-corrected chi connectivity index (χ3v) is 5.10. The Morgan fingerprint density at radius 2 is 1.89 bits per heavy atom. The minimum atomic E-state index is -4.12. The fourth-order valence-corrected chi connectivity index (χ4v) is 3.78. The summed E-state index contributed by atoms with van der Waals surface area (Å²) in [6, 6.07) is 8.17. The molecule has 0 unspecified atom stereocenters. The van der Waals surface area contributed by atoms with E-state index < -0.39 is 33.9 Å². The average Bonchev–Trinajstić information content (AvgIpc) is 3.08. The maximum atomic E-state index is 12.4. The van der Waals surface area contributed by atoms with Gasteiger partial charge in [-0.15, -0.1) is 4.83 Å². The lowest BCUT2D eigenvalue weighted by molar-refractivity contribution is -0.148. The number of ether oxygens (including phenoxy) is 2. The van der Waals surface area contributed by atoms with Crippen LogP contribution in [-0.4, -0.2) is 43.0 Å². The van der Waals surface area contributed by atoms with E-state index in [2.05, 4.69) is 0 Å². The zero-order valence-corrected chi connectivity index (χ0v) is 16.4. The largest absolute Gasteiger partial charge is 0.460 e. The van der Waals surface area contributed by atoms with E-state index in [1.165, 1.54) is 0 Å². The molecule has 1 heterocycles. The maximum Gasteiger partial charge on any atom is 0.423 e. The number of carbonyl (C=O) groups excluding carboxylic acids is 2. The van der Waals surface area contributed by atoms with Crippen LogP contribution in [0, 0.1) is 0 Å². The number of esters is 1. The van der Waals surface area contributed by atoms with Crippen molar-refractivity contribution in [2.75, 3.05) is 6.54 Å². The highest BCUT2D eigenvalue weighted by Gasteiger charge is 2.40. The number of hydrazine groups is 1. The highest BCUT2D eigenvalue weighted by molar-refractivity contribution is 7.87. The average molecular weight is 399 g/mol. The van der Waals surface area contributed by atoms with Gasteiger partial charge >= 0.3 is 12.1 Å². The van der Waals surface area contributed by atoms with Crippen molar-refractivity contribution in [3.63, 3.8) is 0 Å². The molecule has 10 heteroatoms. The molecule has 1 aliphatic rings. The van der Waals surface area contributed by atoms with Crippen molar-refractivity contribution >= 4 is 22.3 Å². The Balaban J connectivity index is 1.93. The van der Waals surface area contributed by atoms with E-state index in [-0.39, 0.29) is 13.2 Å². The second kappa shape index (κ2) is 8.68. The molecule has 2 rings (SSSR count). The van der Waals surface area contributed by atoms with Gasteiger partial charge in [-0.1, -0.05) is 30.3 Å². The van der Waals surface area contributed by atoms with Gasteiger partial charge in [0.25, 0.3) is 10.2 Å². The lowest BCUT2D eigenvalue weighted by atomic mass is 10.2. The number of carbonyl (C=O) groups is 2. The molecule has 1 saturated heterocycles. The van der Waals surface area contributed by atoms with Gasteiger partial charge in [0.2, 0.25) is 0 Å². The fourth-order valence-electron chi connectivity index (χ4n) is 2.56. The lowest BCUT2D eigenvalue weighted by Crippen LogP contribution is -2.53.